The van der Waals surface area contributed by atoms with Gasteiger partial charge in [0.2, 0.25) is 0 Å². The van der Waals surface area contributed by atoms with Gasteiger partial charge in [0, 0.05) is 0 Å². The highest BCUT2D eigenvalue weighted by molar-refractivity contribution is 7.71. The number of nitrogens with one attached hydrogen (secondary N) is 2. The smallest absolute Gasteiger partial charge is 0.335 e. The molecule has 0 aliphatic heterocycles. The van der Waals surface area contributed by atoms with Gasteiger partial charge in [0.1, 0.15) is 5.65 Å². The molecule has 0 saturated carbocycles. The van der Waals surface area contributed by atoms with Crippen LogP contribution in [0, 0.1) is 11.7 Å². The van der Waals surface area contributed by atoms with Crippen molar-refractivity contribution in [1.29, 1.82) is 0 Å². The number of furan rings is 1. The van der Waals surface area contributed by atoms with Crippen molar-refractivity contribution in [3.63, 3.8) is 0 Å². The molecule has 86 valence electrons. The first-order valence-electron chi connectivity index (χ1n) is 4.92. The van der Waals surface area contributed by atoms with Crippen LogP contribution in [0.1, 0.15) is 5.69 Å². The van der Waals surface area contributed by atoms with E-state index >= 15 is 0 Å². The molecule has 6 nitrogen and oxygen atoms in total. The number of rotatable bonds is 1. The normalized spacial score (nSPS) is 11.1. The third-order valence-electron chi connectivity index (χ3n) is 2.45. The van der Waals surface area contributed by atoms with Crippen molar-refractivity contribution in [3.05, 3.63) is 39.3 Å². The minimum Gasteiger partial charge on any atom is -0.461 e. The minimum absolute atomic E-state index is 0.275. The first kappa shape index (κ1) is 10.0. The monoisotopic (exact) mass is 248 g/mol. The molecule has 17 heavy (non-hydrogen) atoms. The highest BCUT2D eigenvalue weighted by atomic mass is 32.1. The highest BCUT2D eigenvalue weighted by Gasteiger charge is 2.14. The fourth-order valence-electron chi connectivity index (χ4n) is 1.74. The molecule has 0 radical (unpaired) electrons. The van der Waals surface area contributed by atoms with E-state index in [1.54, 1.807) is 19.1 Å². The van der Waals surface area contributed by atoms with Gasteiger partial charge in [0.05, 0.1) is 12.0 Å². The molecule has 0 spiro atoms. The fraction of sp³-hybridized carbons (Fsp3) is 0.100. The van der Waals surface area contributed by atoms with Gasteiger partial charge in [0.15, 0.2) is 16.4 Å². The summed E-state index contributed by atoms with van der Waals surface area (Å²) in [6, 6.07) is 3.49. The second-order valence-electron chi connectivity index (χ2n) is 3.57. The standard InChI is InChI=1S/C10H8N4O2S/c1-5-7-12-9(17)13-10(15)14(7)8(11-5)6-3-2-4-16-6/h2-4H,1H3,(H2,12,13,15,17). The molecule has 0 aliphatic carbocycles. The topological polar surface area (TPSA) is 79.1 Å². The SMILES string of the molecule is Cc1nc(-c2ccco2)n2c(=O)[nH]c(=S)[nH]c12. The lowest BCUT2D eigenvalue weighted by Crippen LogP contribution is -2.18. The number of aromatic amines is 2. The summed E-state index contributed by atoms with van der Waals surface area (Å²) in [7, 11) is 0. The molecule has 0 saturated heterocycles. The molecule has 0 aliphatic rings. The first-order valence-corrected chi connectivity index (χ1v) is 5.33. The zero-order valence-electron chi connectivity index (χ0n) is 8.85. The Bertz CT molecular complexity index is 794. The fourth-order valence-corrected chi connectivity index (χ4v) is 1.92. The van der Waals surface area contributed by atoms with Crippen LogP contribution in [0.25, 0.3) is 17.2 Å². The summed E-state index contributed by atoms with van der Waals surface area (Å²) in [5.41, 5.74) is 0.925. The number of imidazole rings is 1. The van der Waals surface area contributed by atoms with Crippen molar-refractivity contribution in [3.8, 4) is 11.6 Å². The molecular formula is C10H8N4O2S. The first-order chi connectivity index (χ1) is 8.16. The van der Waals surface area contributed by atoms with E-state index in [1.807, 2.05) is 0 Å². The third-order valence-corrected chi connectivity index (χ3v) is 2.65. The molecule has 0 unspecified atom stereocenters. The molecule has 0 atom stereocenters. The van der Waals surface area contributed by atoms with E-state index in [2.05, 4.69) is 15.0 Å². The van der Waals surface area contributed by atoms with E-state index in [0.29, 0.717) is 22.9 Å². The number of aryl methyl sites for hydroxylation is 1. The predicted molar refractivity (Wildman–Crippen MR) is 63.4 cm³/mol. The van der Waals surface area contributed by atoms with E-state index in [0.717, 1.165) is 0 Å². The van der Waals surface area contributed by atoms with Crippen molar-refractivity contribution in [2.24, 2.45) is 0 Å². The molecule has 0 bridgehead atoms. The van der Waals surface area contributed by atoms with Gasteiger partial charge in [-0.05, 0) is 31.3 Å². The lowest BCUT2D eigenvalue weighted by molar-refractivity contribution is 0.576. The molecular weight excluding hydrogens is 240 g/mol. The van der Waals surface area contributed by atoms with Crippen LogP contribution in [0.2, 0.25) is 0 Å². The van der Waals surface area contributed by atoms with Gasteiger partial charge in [-0.3, -0.25) is 4.98 Å². The summed E-state index contributed by atoms with van der Waals surface area (Å²) >= 11 is 4.92. The molecule has 0 fully saturated rings. The van der Waals surface area contributed by atoms with E-state index in [-0.39, 0.29) is 10.5 Å². The summed E-state index contributed by atoms with van der Waals surface area (Å²) < 4.78 is 6.93. The van der Waals surface area contributed by atoms with Gasteiger partial charge >= 0.3 is 5.69 Å². The molecule has 7 heteroatoms. The van der Waals surface area contributed by atoms with Crippen LogP contribution in [0.4, 0.5) is 0 Å². The van der Waals surface area contributed by atoms with Gasteiger partial charge in [-0.15, -0.1) is 0 Å². The quantitative estimate of drug-likeness (QED) is 0.642. The predicted octanol–water partition coefficient (Wildman–Crippen LogP) is 1.65. The Morgan fingerprint density at radius 1 is 1.47 bits per heavy atom. The lowest BCUT2D eigenvalue weighted by Gasteiger charge is -1.96. The highest BCUT2D eigenvalue weighted by Crippen LogP contribution is 2.19. The number of hydrogen-bond acceptors (Lipinski definition) is 4. The molecule has 3 aromatic rings. The maximum Gasteiger partial charge on any atom is 0.335 e. The third kappa shape index (κ3) is 1.43. The summed E-state index contributed by atoms with van der Waals surface area (Å²) in [4.78, 5) is 21.6. The number of hydrogen-bond donors (Lipinski definition) is 2. The Morgan fingerprint density at radius 2 is 2.29 bits per heavy atom. The summed E-state index contributed by atoms with van der Waals surface area (Å²) in [6.45, 7) is 1.80. The second kappa shape index (κ2) is 3.42. The molecule has 3 rings (SSSR count). The Balaban J connectivity index is 2.50. The number of nitrogens with zero attached hydrogens (tertiary/aromatic N) is 2. The van der Waals surface area contributed by atoms with Crippen LogP contribution in [0.5, 0.6) is 0 Å². The Morgan fingerprint density at radius 3 is 3.00 bits per heavy atom. The number of fused-ring (bicyclic) bond motifs is 1. The molecule has 3 aromatic heterocycles. The Kier molecular flexibility index (Phi) is 2.02. The van der Waals surface area contributed by atoms with E-state index in [4.69, 9.17) is 16.6 Å². The van der Waals surface area contributed by atoms with Crippen LogP contribution < -0.4 is 5.69 Å². The average molecular weight is 248 g/mol. The van der Waals surface area contributed by atoms with Crippen molar-refractivity contribution in [2.45, 2.75) is 6.92 Å². The zero-order valence-corrected chi connectivity index (χ0v) is 9.67. The van der Waals surface area contributed by atoms with Crippen molar-refractivity contribution < 1.29 is 4.42 Å². The summed E-state index contributed by atoms with van der Waals surface area (Å²) in [5, 5.41) is 0. The molecule has 0 amide bonds. The van der Waals surface area contributed by atoms with Crippen LogP contribution in [0.15, 0.2) is 27.6 Å². The van der Waals surface area contributed by atoms with Gasteiger partial charge in [-0.25, -0.2) is 14.2 Å². The van der Waals surface area contributed by atoms with Crippen LogP contribution in [-0.4, -0.2) is 19.4 Å². The molecule has 2 N–H and O–H groups in total. The minimum atomic E-state index is -0.337. The maximum atomic E-state index is 11.9. The van der Waals surface area contributed by atoms with Crippen molar-refractivity contribution >= 4 is 17.9 Å². The van der Waals surface area contributed by atoms with E-state index in [1.165, 1.54) is 10.7 Å². The van der Waals surface area contributed by atoms with Crippen LogP contribution in [-0.2, 0) is 0 Å². The van der Waals surface area contributed by atoms with Crippen molar-refractivity contribution in [2.75, 3.05) is 0 Å². The van der Waals surface area contributed by atoms with Gasteiger partial charge < -0.3 is 9.40 Å². The molecule has 3 heterocycles. The average Bonchev–Trinajstić information content (AvgIpc) is 2.86. The Hall–Kier alpha value is -2.15. The number of H-pyrrole nitrogens is 2. The van der Waals surface area contributed by atoms with Crippen LogP contribution in [0.3, 0.4) is 0 Å². The van der Waals surface area contributed by atoms with Gasteiger partial charge in [0.25, 0.3) is 0 Å². The van der Waals surface area contributed by atoms with Gasteiger partial charge in [-0.1, -0.05) is 0 Å². The Labute approximate surface area is 99.9 Å². The zero-order chi connectivity index (χ0) is 12.0. The van der Waals surface area contributed by atoms with Crippen molar-refractivity contribution in [1.82, 2.24) is 19.4 Å². The van der Waals surface area contributed by atoms with E-state index < -0.39 is 0 Å². The van der Waals surface area contributed by atoms with E-state index in [9.17, 15) is 4.79 Å². The van der Waals surface area contributed by atoms with Crippen LogP contribution >= 0.6 is 12.2 Å². The second-order valence-corrected chi connectivity index (χ2v) is 3.97. The largest absolute Gasteiger partial charge is 0.461 e. The summed E-state index contributed by atoms with van der Waals surface area (Å²) in [6.07, 6.45) is 1.53. The maximum absolute atomic E-state index is 11.9. The number of aromatic nitrogens is 4. The lowest BCUT2D eigenvalue weighted by atomic mass is 10.4. The summed E-state index contributed by atoms with van der Waals surface area (Å²) in [5.74, 6) is 0.985. The molecule has 0 aromatic carbocycles. The van der Waals surface area contributed by atoms with Gasteiger partial charge in [-0.2, -0.15) is 0 Å².